The van der Waals surface area contributed by atoms with Crippen LogP contribution in [0.5, 0.6) is 11.5 Å². The van der Waals surface area contributed by atoms with Gasteiger partial charge in [0.05, 0.1) is 13.7 Å². The minimum atomic E-state index is -0.776. The Labute approximate surface area is 220 Å². The van der Waals surface area contributed by atoms with Gasteiger partial charge in [0.15, 0.2) is 17.2 Å². The van der Waals surface area contributed by atoms with E-state index in [-0.39, 0.29) is 37.2 Å². The molecule has 12 heteroatoms. The number of benzene rings is 1. The Hall–Kier alpha value is -4.35. The van der Waals surface area contributed by atoms with Gasteiger partial charge in [-0.1, -0.05) is 19.0 Å². The maximum atomic E-state index is 13.2. The number of carbonyl (C=O) groups is 3. The van der Waals surface area contributed by atoms with Crippen LogP contribution in [0.1, 0.15) is 30.1 Å². The third kappa shape index (κ3) is 6.13. The van der Waals surface area contributed by atoms with E-state index in [0.29, 0.717) is 36.2 Å². The number of methoxy groups -OCH3 is 1. The largest absolute Gasteiger partial charge is 0.493 e. The van der Waals surface area contributed by atoms with E-state index in [1.165, 1.54) is 11.0 Å². The molecule has 0 unspecified atom stereocenters. The molecule has 3 aromatic rings. The van der Waals surface area contributed by atoms with Crippen LogP contribution in [0.4, 0.5) is 0 Å². The van der Waals surface area contributed by atoms with Gasteiger partial charge in [0.2, 0.25) is 11.8 Å². The van der Waals surface area contributed by atoms with Crippen molar-refractivity contribution in [2.45, 2.75) is 33.4 Å². The number of amides is 3. The highest BCUT2D eigenvalue weighted by Gasteiger charge is 2.27. The zero-order chi connectivity index (χ0) is 27.2. The fourth-order valence-electron chi connectivity index (χ4n) is 4.16. The summed E-state index contributed by atoms with van der Waals surface area (Å²) < 4.78 is 18.4. The number of nitrogens with one attached hydrogen (secondary N) is 2. The Morgan fingerprint density at radius 2 is 2.03 bits per heavy atom. The van der Waals surface area contributed by atoms with Crippen molar-refractivity contribution in [1.29, 1.82) is 0 Å². The molecule has 4 rings (SSSR count). The van der Waals surface area contributed by atoms with Crippen LogP contribution in [0.25, 0.3) is 11.4 Å². The summed E-state index contributed by atoms with van der Waals surface area (Å²) in [7, 11) is 1.54. The lowest BCUT2D eigenvalue weighted by atomic mass is 10.0. The van der Waals surface area contributed by atoms with E-state index in [2.05, 4.69) is 20.8 Å². The number of fused-ring (bicyclic) bond motifs is 4. The van der Waals surface area contributed by atoms with Crippen LogP contribution in [0.3, 0.4) is 0 Å². The van der Waals surface area contributed by atoms with Crippen LogP contribution in [0, 0.1) is 12.8 Å². The van der Waals surface area contributed by atoms with Crippen LogP contribution in [-0.2, 0) is 16.1 Å². The topological polar surface area (TPSA) is 141 Å². The molecule has 38 heavy (non-hydrogen) atoms. The molecule has 12 nitrogen and oxygen atoms in total. The summed E-state index contributed by atoms with van der Waals surface area (Å²) in [5, 5.41) is 9.46. The lowest BCUT2D eigenvalue weighted by Gasteiger charge is -2.25. The Kier molecular flexibility index (Phi) is 8.29. The molecule has 0 aliphatic carbocycles. The summed E-state index contributed by atoms with van der Waals surface area (Å²) in [5.41, 5.74) is 0.870. The molecule has 3 amide bonds. The molecule has 2 bridgehead atoms. The molecule has 2 aromatic heterocycles. The molecule has 2 N–H and O–H groups in total. The molecular formula is C26H32N6O6. The first-order chi connectivity index (χ1) is 18.3. The maximum absolute atomic E-state index is 13.2. The summed E-state index contributed by atoms with van der Waals surface area (Å²) >= 11 is 0. The molecule has 202 valence electrons. The standard InChI is InChI=1S/C26H32N6O6/c1-16(2)23-25(34)28-8-10-31-9-7-27-24(31)18-5-6-20(36-4)21(14-18)37-12-11-32(15-22(33)29-23)26(35)19-13-17(3)38-30-19/h5-7,9,13-14,16,23H,8,10-12,15H2,1-4H3,(H,28,34)(H,29,33)/t23-/m1/s1. The van der Waals surface area contributed by atoms with Gasteiger partial charge in [-0.05, 0) is 31.0 Å². The second-order valence-electron chi connectivity index (χ2n) is 9.29. The molecule has 0 spiro atoms. The van der Waals surface area contributed by atoms with Gasteiger partial charge in [-0.3, -0.25) is 14.4 Å². The zero-order valence-corrected chi connectivity index (χ0v) is 21.9. The second kappa shape index (κ2) is 11.8. The van der Waals surface area contributed by atoms with Crippen molar-refractivity contribution >= 4 is 17.7 Å². The Morgan fingerprint density at radius 1 is 1.21 bits per heavy atom. The number of hydrogen-bond acceptors (Lipinski definition) is 8. The number of ether oxygens (including phenoxy) is 2. The highest BCUT2D eigenvalue weighted by atomic mass is 16.5. The minimum absolute atomic E-state index is 0.0677. The minimum Gasteiger partial charge on any atom is -0.493 e. The van der Waals surface area contributed by atoms with Crippen LogP contribution in [-0.4, -0.2) is 76.7 Å². The van der Waals surface area contributed by atoms with E-state index >= 15 is 0 Å². The van der Waals surface area contributed by atoms with Gasteiger partial charge in [0.25, 0.3) is 5.91 Å². The Balaban J connectivity index is 1.66. The third-order valence-electron chi connectivity index (χ3n) is 6.14. The monoisotopic (exact) mass is 524 g/mol. The molecule has 1 aromatic carbocycles. The van der Waals surface area contributed by atoms with E-state index in [9.17, 15) is 14.4 Å². The maximum Gasteiger partial charge on any atom is 0.276 e. The Bertz CT molecular complexity index is 1300. The van der Waals surface area contributed by atoms with E-state index in [4.69, 9.17) is 14.0 Å². The van der Waals surface area contributed by atoms with E-state index < -0.39 is 17.9 Å². The molecule has 0 fully saturated rings. The van der Waals surface area contributed by atoms with Gasteiger partial charge in [0.1, 0.15) is 30.8 Å². The molecule has 1 atom stereocenters. The third-order valence-corrected chi connectivity index (χ3v) is 6.14. The average molecular weight is 525 g/mol. The van der Waals surface area contributed by atoms with E-state index in [0.717, 1.165) is 5.56 Å². The lowest BCUT2D eigenvalue weighted by Crippen LogP contribution is -2.53. The van der Waals surface area contributed by atoms with Crippen LogP contribution in [0.2, 0.25) is 0 Å². The van der Waals surface area contributed by atoms with Crippen molar-refractivity contribution in [1.82, 2.24) is 30.2 Å². The SMILES string of the molecule is COc1ccc2cc1OCCN(C(=O)c1cc(C)on1)CC(=O)N[C@H](C(C)C)C(=O)NCCn1ccnc1-2. The van der Waals surface area contributed by atoms with Gasteiger partial charge in [-0.2, -0.15) is 0 Å². The van der Waals surface area contributed by atoms with E-state index in [1.807, 2.05) is 36.7 Å². The van der Waals surface area contributed by atoms with Crippen molar-refractivity contribution in [3.05, 3.63) is 48.1 Å². The van der Waals surface area contributed by atoms with Gasteiger partial charge in [-0.15, -0.1) is 0 Å². The molecule has 0 saturated carbocycles. The number of aryl methyl sites for hydroxylation is 1. The van der Waals surface area contributed by atoms with Crippen molar-refractivity contribution in [2.24, 2.45) is 5.92 Å². The molecule has 1 aliphatic heterocycles. The van der Waals surface area contributed by atoms with Crippen molar-refractivity contribution in [2.75, 3.05) is 33.4 Å². The van der Waals surface area contributed by atoms with Crippen LogP contribution in [0.15, 0.2) is 41.2 Å². The van der Waals surface area contributed by atoms with Gasteiger partial charge >= 0.3 is 0 Å². The highest BCUT2D eigenvalue weighted by Crippen LogP contribution is 2.32. The fourth-order valence-corrected chi connectivity index (χ4v) is 4.16. The normalized spacial score (nSPS) is 17.2. The van der Waals surface area contributed by atoms with Gasteiger partial charge < -0.3 is 34.1 Å². The number of hydrogen-bond donors (Lipinski definition) is 2. The molecule has 1 aliphatic rings. The van der Waals surface area contributed by atoms with Crippen molar-refractivity contribution < 1.29 is 28.4 Å². The molecule has 0 saturated heterocycles. The highest BCUT2D eigenvalue weighted by molar-refractivity contribution is 5.95. The van der Waals surface area contributed by atoms with Crippen molar-refractivity contribution in [3.8, 4) is 22.9 Å². The first-order valence-electron chi connectivity index (χ1n) is 12.4. The predicted molar refractivity (Wildman–Crippen MR) is 137 cm³/mol. The summed E-state index contributed by atoms with van der Waals surface area (Å²) in [6.45, 7) is 6.01. The number of nitrogens with zero attached hydrogens (tertiary/aromatic N) is 4. The van der Waals surface area contributed by atoms with Gasteiger partial charge in [-0.25, -0.2) is 4.98 Å². The van der Waals surface area contributed by atoms with Crippen LogP contribution < -0.4 is 20.1 Å². The molecule has 0 radical (unpaired) electrons. The summed E-state index contributed by atoms with van der Waals surface area (Å²) in [5.74, 6) is 0.688. The zero-order valence-electron chi connectivity index (χ0n) is 21.9. The first kappa shape index (κ1) is 26.7. The fraction of sp³-hybridized carbons (Fsp3) is 0.423. The predicted octanol–water partition coefficient (Wildman–Crippen LogP) is 1.65. The average Bonchev–Trinajstić information content (AvgIpc) is 3.54. The quantitative estimate of drug-likeness (QED) is 0.527. The first-order valence-corrected chi connectivity index (χ1v) is 12.4. The van der Waals surface area contributed by atoms with Gasteiger partial charge in [0, 0.05) is 37.1 Å². The smallest absolute Gasteiger partial charge is 0.276 e. The Morgan fingerprint density at radius 3 is 2.74 bits per heavy atom. The second-order valence-corrected chi connectivity index (χ2v) is 9.29. The number of imidazole rings is 1. The van der Waals surface area contributed by atoms with Crippen LogP contribution >= 0.6 is 0 Å². The molecular weight excluding hydrogens is 492 g/mol. The number of rotatable bonds is 3. The number of carbonyl (C=O) groups excluding carboxylic acids is 3. The summed E-state index contributed by atoms with van der Waals surface area (Å²) in [6, 6.07) is 6.19. The summed E-state index contributed by atoms with van der Waals surface area (Å²) in [6.07, 6.45) is 3.52. The van der Waals surface area contributed by atoms with E-state index in [1.54, 1.807) is 26.3 Å². The summed E-state index contributed by atoms with van der Waals surface area (Å²) in [4.78, 5) is 44.9. The number of aromatic nitrogens is 3. The molecule has 3 heterocycles. The lowest BCUT2D eigenvalue weighted by molar-refractivity contribution is -0.130. The van der Waals surface area contributed by atoms with Crippen molar-refractivity contribution in [3.63, 3.8) is 0 Å².